The average Bonchev–Trinajstić information content (AvgIpc) is 2.43. The minimum absolute atomic E-state index is 0.677. The second-order valence-corrected chi connectivity index (χ2v) is 3.11. The standard InChI is InChI=1S/C11H9NO/c1-7-8(2)13-11-4-3-9(6-12)5-10(7)11/h3-5H,1-2H3. The number of aryl methyl sites for hydroxylation is 2. The van der Waals surface area contributed by atoms with Crippen molar-refractivity contribution in [3.63, 3.8) is 0 Å². The zero-order valence-electron chi connectivity index (χ0n) is 7.59. The van der Waals surface area contributed by atoms with Gasteiger partial charge < -0.3 is 4.42 Å². The van der Waals surface area contributed by atoms with Gasteiger partial charge in [-0.05, 0) is 37.6 Å². The molecule has 13 heavy (non-hydrogen) atoms. The Hall–Kier alpha value is -1.75. The van der Waals surface area contributed by atoms with E-state index >= 15 is 0 Å². The first-order valence-electron chi connectivity index (χ1n) is 4.12. The van der Waals surface area contributed by atoms with Crippen LogP contribution in [0.15, 0.2) is 22.6 Å². The Labute approximate surface area is 76.4 Å². The van der Waals surface area contributed by atoms with Crippen LogP contribution in [-0.2, 0) is 0 Å². The molecule has 1 aromatic heterocycles. The third-order valence-electron chi connectivity index (χ3n) is 2.30. The van der Waals surface area contributed by atoms with Gasteiger partial charge in [-0.15, -0.1) is 0 Å². The van der Waals surface area contributed by atoms with E-state index in [1.54, 1.807) is 6.07 Å². The molecule has 0 fully saturated rings. The number of rotatable bonds is 0. The lowest BCUT2D eigenvalue weighted by molar-refractivity contribution is 0.575. The smallest absolute Gasteiger partial charge is 0.134 e. The predicted molar refractivity (Wildman–Crippen MR) is 50.4 cm³/mol. The van der Waals surface area contributed by atoms with Crippen LogP contribution in [0.4, 0.5) is 0 Å². The van der Waals surface area contributed by atoms with E-state index in [-0.39, 0.29) is 0 Å². The number of nitriles is 1. The van der Waals surface area contributed by atoms with E-state index in [9.17, 15) is 0 Å². The quantitative estimate of drug-likeness (QED) is 0.611. The fourth-order valence-electron chi connectivity index (χ4n) is 1.41. The maximum Gasteiger partial charge on any atom is 0.134 e. The Morgan fingerprint density at radius 1 is 1.31 bits per heavy atom. The van der Waals surface area contributed by atoms with Crippen molar-refractivity contribution < 1.29 is 4.42 Å². The number of benzene rings is 1. The number of hydrogen-bond acceptors (Lipinski definition) is 2. The summed E-state index contributed by atoms with van der Waals surface area (Å²) < 4.78 is 5.49. The highest BCUT2D eigenvalue weighted by Gasteiger charge is 2.06. The molecular formula is C11H9NO. The summed E-state index contributed by atoms with van der Waals surface area (Å²) in [6.45, 7) is 3.93. The molecule has 2 rings (SSSR count). The first-order chi connectivity index (χ1) is 6.22. The van der Waals surface area contributed by atoms with E-state index in [0.29, 0.717) is 5.56 Å². The lowest BCUT2D eigenvalue weighted by atomic mass is 10.1. The molecule has 0 unspecified atom stereocenters. The highest BCUT2D eigenvalue weighted by molar-refractivity contribution is 5.83. The molecule has 0 aliphatic carbocycles. The molecule has 0 amide bonds. The molecule has 1 heterocycles. The molecule has 0 spiro atoms. The lowest BCUT2D eigenvalue weighted by Crippen LogP contribution is -1.74. The molecule has 1 aromatic carbocycles. The highest BCUT2D eigenvalue weighted by Crippen LogP contribution is 2.25. The average molecular weight is 171 g/mol. The molecule has 2 nitrogen and oxygen atoms in total. The second kappa shape index (κ2) is 2.63. The first kappa shape index (κ1) is 7.88. The molecule has 0 aliphatic rings. The topological polar surface area (TPSA) is 36.9 Å². The Morgan fingerprint density at radius 3 is 2.77 bits per heavy atom. The molecule has 0 saturated heterocycles. The van der Waals surface area contributed by atoms with Gasteiger partial charge in [-0.1, -0.05) is 0 Å². The Kier molecular flexibility index (Phi) is 1.60. The number of hydrogen-bond donors (Lipinski definition) is 0. The van der Waals surface area contributed by atoms with Gasteiger partial charge >= 0.3 is 0 Å². The summed E-state index contributed by atoms with van der Waals surface area (Å²) in [5.74, 6) is 0.921. The van der Waals surface area contributed by atoms with Crippen molar-refractivity contribution in [3.8, 4) is 6.07 Å². The molecule has 64 valence electrons. The van der Waals surface area contributed by atoms with Gasteiger partial charge in [0.05, 0.1) is 11.6 Å². The fraction of sp³-hybridized carbons (Fsp3) is 0.182. The van der Waals surface area contributed by atoms with E-state index in [4.69, 9.17) is 9.68 Å². The molecular weight excluding hydrogens is 162 g/mol. The lowest BCUT2D eigenvalue weighted by Gasteiger charge is -1.89. The maximum absolute atomic E-state index is 8.71. The number of fused-ring (bicyclic) bond motifs is 1. The molecule has 0 aliphatic heterocycles. The van der Waals surface area contributed by atoms with Gasteiger partial charge in [0, 0.05) is 5.39 Å². The van der Waals surface area contributed by atoms with E-state index < -0.39 is 0 Å². The van der Waals surface area contributed by atoms with Crippen LogP contribution in [0.5, 0.6) is 0 Å². The zero-order valence-corrected chi connectivity index (χ0v) is 7.59. The van der Waals surface area contributed by atoms with Crippen molar-refractivity contribution in [2.75, 3.05) is 0 Å². The Bertz CT molecular complexity index is 503. The molecule has 0 saturated carbocycles. The monoisotopic (exact) mass is 171 g/mol. The molecule has 0 atom stereocenters. The molecule has 0 radical (unpaired) electrons. The zero-order chi connectivity index (χ0) is 9.42. The maximum atomic E-state index is 8.71. The summed E-state index contributed by atoms with van der Waals surface area (Å²) in [6.07, 6.45) is 0. The van der Waals surface area contributed by atoms with E-state index in [0.717, 1.165) is 22.3 Å². The SMILES string of the molecule is Cc1oc2ccc(C#N)cc2c1C. The molecule has 0 bridgehead atoms. The molecule has 2 heteroatoms. The third-order valence-corrected chi connectivity index (χ3v) is 2.30. The summed E-state index contributed by atoms with van der Waals surface area (Å²) in [5, 5.41) is 9.75. The van der Waals surface area contributed by atoms with Crippen LogP contribution in [0.3, 0.4) is 0 Å². The first-order valence-corrected chi connectivity index (χ1v) is 4.12. The normalized spacial score (nSPS) is 10.2. The van der Waals surface area contributed by atoms with Crippen LogP contribution in [-0.4, -0.2) is 0 Å². The van der Waals surface area contributed by atoms with Gasteiger partial charge in [-0.3, -0.25) is 0 Å². The summed E-state index contributed by atoms with van der Waals surface area (Å²) in [4.78, 5) is 0. The van der Waals surface area contributed by atoms with Crippen molar-refractivity contribution in [1.29, 1.82) is 5.26 Å². The van der Waals surface area contributed by atoms with Gasteiger partial charge in [0.15, 0.2) is 0 Å². The summed E-state index contributed by atoms with van der Waals surface area (Å²) in [6, 6.07) is 7.59. The highest BCUT2D eigenvalue weighted by atomic mass is 16.3. The van der Waals surface area contributed by atoms with Gasteiger partial charge in [0.2, 0.25) is 0 Å². The predicted octanol–water partition coefficient (Wildman–Crippen LogP) is 2.92. The Balaban J connectivity index is 2.84. The van der Waals surface area contributed by atoms with Crippen molar-refractivity contribution in [1.82, 2.24) is 0 Å². The summed E-state index contributed by atoms with van der Waals surface area (Å²) in [5.41, 5.74) is 2.65. The summed E-state index contributed by atoms with van der Waals surface area (Å²) in [7, 11) is 0. The largest absolute Gasteiger partial charge is 0.461 e. The van der Waals surface area contributed by atoms with Crippen LogP contribution < -0.4 is 0 Å². The number of furan rings is 1. The summed E-state index contributed by atoms with van der Waals surface area (Å²) >= 11 is 0. The van der Waals surface area contributed by atoms with E-state index in [1.807, 2.05) is 26.0 Å². The Morgan fingerprint density at radius 2 is 2.08 bits per heavy atom. The third kappa shape index (κ3) is 1.09. The van der Waals surface area contributed by atoms with Crippen LogP contribution in [0.25, 0.3) is 11.0 Å². The molecule has 0 N–H and O–H groups in total. The van der Waals surface area contributed by atoms with Crippen LogP contribution in [0, 0.1) is 25.2 Å². The van der Waals surface area contributed by atoms with Gasteiger partial charge in [-0.2, -0.15) is 5.26 Å². The molecule has 2 aromatic rings. The van der Waals surface area contributed by atoms with Crippen molar-refractivity contribution in [2.45, 2.75) is 13.8 Å². The van der Waals surface area contributed by atoms with Crippen LogP contribution in [0.1, 0.15) is 16.9 Å². The van der Waals surface area contributed by atoms with Gasteiger partial charge in [-0.25, -0.2) is 0 Å². The van der Waals surface area contributed by atoms with Gasteiger partial charge in [0.25, 0.3) is 0 Å². The van der Waals surface area contributed by atoms with E-state index in [2.05, 4.69) is 6.07 Å². The van der Waals surface area contributed by atoms with Crippen LogP contribution >= 0.6 is 0 Å². The van der Waals surface area contributed by atoms with Crippen molar-refractivity contribution in [3.05, 3.63) is 35.1 Å². The van der Waals surface area contributed by atoms with Crippen molar-refractivity contribution >= 4 is 11.0 Å². The number of nitrogens with zero attached hydrogens (tertiary/aromatic N) is 1. The minimum Gasteiger partial charge on any atom is -0.461 e. The van der Waals surface area contributed by atoms with E-state index in [1.165, 1.54) is 0 Å². The second-order valence-electron chi connectivity index (χ2n) is 3.11. The minimum atomic E-state index is 0.677. The fourth-order valence-corrected chi connectivity index (χ4v) is 1.41. The van der Waals surface area contributed by atoms with Gasteiger partial charge in [0.1, 0.15) is 11.3 Å². The van der Waals surface area contributed by atoms with Crippen LogP contribution in [0.2, 0.25) is 0 Å². The van der Waals surface area contributed by atoms with Crippen molar-refractivity contribution in [2.24, 2.45) is 0 Å².